The van der Waals surface area contributed by atoms with Crippen LogP contribution in [-0.4, -0.2) is 19.5 Å². The summed E-state index contributed by atoms with van der Waals surface area (Å²) in [5.74, 6) is 1.03. The van der Waals surface area contributed by atoms with Crippen molar-refractivity contribution < 1.29 is 0 Å². The lowest BCUT2D eigenvalue weighted by Gasteiger charge is -2.15. The minimum atomic E-state index is 0.0178. The van der Waals surface area contributed by atoms with Crippen molar-refractivity contribution in [3.63, 3.8) is 0 Å². The molecule has 176 valence electrons. The highest BCUT2D eigenvalue weighted by atomic mass is 16.1. The van der Waals surface area contributed by atoms with E-state index in [9.17, 15) is 4.79 Å². The molecule has 0 aliphatic carbocycles. The third-order valence-electron chi connectivity index (χ3n) is 5.09. The highest BCUT2D eigenvalue weighted by Gasteiger charge is 2.14. The molecule has 0 atom stereocenters. The molecule has 0 bridgehead atoms. The summed E-state index contributed by atoms with van der Waals surface area (Å²) in [4.78, 5) is 25.1. The van der Waals surface area contributed by atoms with Gasteiger partial charge in [-0.05, 0) is 44.0 Å². The molecule has 0 radical (unpaired) electrons. The van der Waals surface area contributed by atoms with Gasteiger partial charge in [-0.3, -0.25) is 9.36 Å². The van der Waals surface area contributed by atoms with E-state index >= 15 is 0 Å². The summed E-state index contributed by atoms with van der Waals surface area (Å²) >= 11 is 0. The van der Waals surface area contributed by atoms with E-state index in [1.54, 1.807) is 11.5 Å². The Morgan fingerprint density at radius 3 is 2.18 bits per heavy atom. The summed E-state index contributed by atoms with van der Waals surface area (Å²) in [5, 5.41) is 9.25. The molecule has 0 spiro atoms. The van der Waals surface area contributed by atoms with Crippen LogP contribution in [0, 0.1) is 32.1 Å². The van der Waals surface area contributed by atoms with E-state index in [1.165, 1.54) is 0 Å². The molecule has 0 aliphatic rings. The van der Waals surface area contributed by atoms with Gasteiger partial charge in [0.1, 0.15) is 23.3 Å². The van der Waals surface area contributed by atoms with Gasteiger partial charge in [0.2, 0.25) is 5.95 Å². The average molecular weight is 458 g/mol. The largest absolute Gasteiger partial charge is 0.382 e. The number of aromatic nitrogens is 4. The molecule has 34 heavy (non-hydrogen) atoms. The molecule has 2 aromatic heterocycles. The first kappa shape index (κ1) is 26.0. The van der Waals surface area contributed by atoms with Crippen molar-refractivity contribution in [1.82, 2.24) is 19.5 Å². The molecule has 2 aromatic carbocycles. The fourth-order valence-corrected chi connectivity index (χ4v) is 3.50. The van der Waals surface area contributed by atoms with Gasteiger partial charge in [0, 0.05) is 6.42 Å². The topological polar surface area (TPSA) is 136 Å². The highest BCUT2D eigenvalue weighted by molar-refractivity contribution is 5.81. The number of aryl methyl sites for hydroxylation is 4. The van der Waals surface area contributed by atoms with Crippen LogP contribution in [0.1, 0.15) is 49.0 Å². The predicted molar refractivity (Wildman–Crippen MR) is 138 cm³/mol. The summed E-state index contributed by atoms with van der Waals surface area (Å²) in [6, 6.07) is 15.6. The molecular weight excluding hydrogens is 426 g/mol. The fourth-order valence-electron chi connectivity index (χ4n) is 3.50. The zero-order chi connectivity index (χ0) is 25.4. The molecule has 0 fully saturated rings. The number of fused-ring (bicyclic) bond motifs is 1. The number of para-hydroxylation sites is 1. The van der Waals surface area contributed by atoms with Crippen LogP contribution < -0.4 is 17.0 Å². The lowest BCUT2D eigenvalue weighted by atomic mass is 10.1. The van der Waals surface area contributed by atoms with Crippen LogP contribution in [0.3, 0.4) is 0 Å². The summed E-state index contributed by atoms with van der Waals surface area (Å²) in [6.07, 6.45) is 0.716. The van der Waals surface area contributed by atoms with Gasteiger partial charge in [-0.25, -0.2) is 9.97 Å². The summed E-state index contributed by atoms with van der Waals surface area (Å²) in [6.45, 7) is 11.7. The smallest absolute Gasteiger partial charge is 0.266 e. The van der Waals surface area contributed by atoms with Gasteiger partial charge in [0.05, 0.1) is 22.3 Å². The van der Waals surface area contributed by atoms with E-state index in [1.807, 2.05) is 83.2 Å². The van der Waals surface area contributed by atoms with Crippen molar-refractivity contribution in [2.24, 2.45) is 0 Å². The van der Waals surface area contributed by atoms with Crippen LogP contribution >= 0.6 is 0 Å². The molecule has 0 unspecified atom stereocenters. The molecule has 4 aromatic rings. The van der Waals surface area contributed by atoms with Gasteiger partial charge in [-0.2, -0.15) is 10.2 Å². The Labute approximate surface area is 199 Å². The summed E-state index contributed by atoms with van der Waals surface area (Å²) in [5.41, 5.74) is 15.2. The van der Waals surface area contributed by atoms with Gasteiger partial charge in [0.15, 0.2) is 0 Å². The van der Waals surface area contributed by atoms with Crippen molar-refractivity contribution >= 4 is 22.7 Å². The first-order valence-electron chi connectivity index (χ1n) is 11.1. The Balaban J connectivity index is 0.000000266. The lowest BCUT2D eigenvalue weighted by molar-refractivity contribution is 0.828. The number of nitrogens with zero attached hydrogens (tertiary/aromatic N) is 5. The van der Waals surface area contributed by atoms with Crippen molar-refractivity contribution in [2.45, 2.75) is 48.0 Å². The molecule has 0 saturated carbocycles. The minimum absolute atomic E-state index is 0.0178. The van der Waals surface area contributed by atoms with Crippen LogP contribution in [0.2, 0.25) is 0 Å². The standard InChI is InChI=1S/C18H18N2O.C6H7N5.C2H6/c1-4-16-19-14-10-7-9-13(3)17(14)18(21)20(16)15-11-6-5-8-12(15)2;1-3-4(2-7)5(8)11-6(9)10-3;1-2/h5-11H,4H2,1-3H3;1H3,(H4,8,9,10,11);1-2H3. The van der Waals surface area contributed by atoms with Gasteiger partial charge >= 0.3 is 0 Å². The number of nitriles is 1. The van der Waals surface area contributed by atoms with E-state index < -0.39 is 0 Å². The van der Waals surface area contributed by atoms with Crippen LogP contribution in [0.25, 0.3) is 16.6 Å². The minimum Gasteiger partial charge on any atom is -0.382 e. The number of hydrogen-bond donors (Lipinski definition) is 2. The Morgan fingerprint density at radius 1 is 0.941 bits per heavy atom. The van der Waals surface area contributed by atoms with Gasteiger partial charge < -0.3 is 11.5 Å². The maximum Gasteiger partial charge on any atom is 0.266 e. The molecular formula is C26H31N7O. The number of nitrogen functional groups attached to an aromatic ring is 2. The van der Waals surface area contributed by atoms with Crippen molar-refractivity contribution in [2.75, 3.05) is 11.5 Å². The third-order valence-corrected chi connectivity index (χ3v) is 5.09. The molecule has 4 rings (SSSR count). The van der Waals surface area contributed by atoms with Crippen LogP contribution in [0.5, 0.6) is 0 Å². The Bertz CT molecular complexity index is 1380. The summed E-state index contributed by atoms with van der Waals surface area (Å²) < 4.78 is 1.75. The molecule has 0 aliphatic heterocycles. The normalized spacial score (nSPS) is 9.91. The fraction of sp³-hybridized carbons (Fsp3) is 0.269. The number of anilines is 2. The molecule has 0 saturated heterocycles. The number of hydrogen-bond acceptors (Lipinski definition) is 7. The van der Waals surface area contributed by atoms with E-state index in [-0.39, 0.29) is 17.3 Å². The van der Waals surface area contributed by atoms with Gasteiger partial charge in [-0.1, -0.05) is 51.1 Å². The molecule has 4 N–H and O–H groups in total. The second-order valence-electron chi connectivity index (χ2n) is 7.32. The van der Waals surface area contributed by atoms with Crippen LogP contribution in [0.15, 0.2) is 47.3 Å². The maximum atomic E-state index is 13.0. The van der Waals surface area contributed by atoms with E-state index in [0.29, 0.717) is 23.1 Å². The second kappa shape index (κ2) is 11.6. The average Bonchev–Trinajstić information content (AvgIpc) is 2.81. The third kappa shape index (κ3) is 5.38. The lowest BCUT2D eigenvalue weighted by Crippen LogP contribution is -2.24. The first-order valence-corrected chi connectivity index (χ1v) is 11.1. The first-order chi connectivity index (χ1) is 16.3. The number of benzene rings is 2. The van der Waals surface area contributed by atoms with E-state index in [2.05, 4.69) is 9.97 Å². The van der Waals surface area contributed by atoms with Crippen molar-refractivity contribution in [3.05, 3.63) is 81.0 Å². The molecule has 2 heterocycles. The molecule has 8 heteroatoms. The van der Waals surface area contributed by atoms with Gasteiger partial charge in [0.25, 0.3) is 5.56 Å². The van der Waals surface area contributed by atoms with E-state index in [0.717, 1.165) is 28.2 Å². The number of rotatable bonds is 2. The zero-order valence-corrected chi connectivity index (χ0v) is 20.5. The zero-order valence-electron chi connectivity index (χ0n) is 20.5. The maximum absolute atomic E-state index is 13.0. The SMILES string of the molecule is CC.CCc1nc2cccc(C)c2c(=O)n1-c1ccccc1C.Cc1nc(N)nc(N)c1C#N. The van der Waals surface area contributed by atoms with Crippen molar-refractivity contribution in [3.8, 4) is 11.8 Å². The van der Waals surface area contributed by atoms with Crippen LogP contribution in [-0.2, 0) is 6.42 Å². The van der Waals surface area contributed by atoms with E-state index in [4.69, 9.17) is 21.7 Å². The summed E-state index contributed by atoms with van der Waals surface area (Å²) in [7, 11) is 0. The van der Waals surface area contributed by atoms with Crippen LogP contribution in [0.4, 0.5) is 11.8 Å². The van der Waals surface area contributed by atoms with Crippen molar-refractivity contribution in [1.29, 1.82) is 5.26 Å². The second-order valence-corrected chi connectivity index (χ2v) is 7.32. The molecule has 8 nitrogen and oxygen atoms in total. The Kier molecular flexibility index (Phi) is 8.85. The number of nitrogens with two attached hydrogens (primary N) is 2. The Hall–Kier alpha value is -4.25. The Morgan fingerprint density at radius 2 is 1.59 bits per heavy atom. The highest BCUT2D eigenvalue weighted by Crippen LogP contribution is 2.18. The predicted octanol–water partition coefficient (Wildman–Crippen LogP) is 4.41. The monoisotopic (exact) mass is 457 g/mol. The van der Waals surface area contributed by atoms with Gasteiger partial charge in [-0.15, -0.1) is 0 Å². The molecule has 0 amide bonds. The quantitative estimate of drug-likeness (QED) is 0.455.